The maximum absolute atomic E-state index is 6.05. The molecule has 1 aromatic rings. The van der Waals surface area contributed by atoms with Crippen molar-refractivity contribution in [2.45, 2.75) is 38.6 Å². The molecular weight excluding hydrogens is 184 g/mol. The molecule has 1 atom stereocenters. The van der Waals surface area contributed by atoms with Gasteiger partial charge < -0.3 is 11.5 Å². The molecule has 0 saturated heterocycles. The highest BCUT2D eigenvalue weighted by molar-refractivity contribution is 5.26. The van der Waals surface area contributed by atoms with Crippen molar-refractivity contribution in [3.8, 4) is 0 Å². The maximum atomic E-state index is 6.05. The van der Waals surface area contributed by atoms with Crippen LogP contribution < -0.4 is 11.5 Å². The Hall–Kier alpha value is -0.860. The van der Waals surface area contributed by atoms with Crippen molar-refractivity contribution in [3.05, 3.63) is 35.4 Å². The van der Waals surface area contributed by atoms with Crippen LogP contribution in [-0.4, -0.2) is 6.54 Å². The first-order valence-electron chi connectivity index (χ1n) is 5.70. The monoisotopic (exact) mass is 206 g/mol. The Bertz CT molecular complexity index is 277. The van der Waals surface area contributed by atoms with E-state index >= 15 is 0 Å². The molecule has 0 aliphatic carbocycles. The number of hydrogen-bond donors (Lipinski definition) is 2. The Labute approximate surface area is 92.7 Å². The van der Waals surface area contributed by atoms with Gasteiger partial charge in [0.15, 0.2) is 0 Å². The normalized spacial score (nSPS) is 13.1. The van der Waals surface area contributed by atoms with Gasteiger partial charge in [0.25, 0.3) is 0 Å². The van der Waals surface area contributed by atoms with Gasteiger partial charge in [-0.3, -0.25) is 0 Å². The minimum Gasteiger partial charge on any atom is -0.330 e. The minimum atomic E-state index is 0.134. The van der Waals surface area contributed by atoms with Gasteiger partial charge in [-0.25, -0.2) is 0 Å². The fourth-order valence-electron chi connectivity index (χ4n) is 1.63. The van der Waals surface area contributed by atoms with Crippen molar-refractivity contribution in [2.24, 2.45) is 11.5 Å². The van der Waals surface area contributed by atoms with Gasteiger partial charge in [-0.1, -0.05) is 38.1 Å². The van der Waals surface area contributed by atoms with Crippen molar-refractivity contribution in [2.75, 3.05) is 6.54 Å². The summed E-state index contributed by atoms with van der Waals surface area (Å²) in [5, 5.41) is 0. The summed E-state index contributed by atoms with van der Waals surface area (Å²) in [6, 6.07) is 8.74. The zero-order valence-corrected chi connectivity index (χ0v) is 9.74. The highest BCUT2D eigenvalue weighted by atomic mass is 14.6. The summed E-state index contributed by atoms with van der Waals surface area (Å²) in [7, 11) is 0. The van der Waals surface area contributed by atoms with E-state index in [1.165, 1.54) is 11.1 Å². The minimum absolute atomic E-state index is 0.134. The van der Waals surface area contributed by atoms with Crippen LogP contribution in [0.4, 0.5) is 0 Å². The Kier molecular flexibility index (Phi) is 4.79. The van der Waals surface area contributed by atoms with Gasteiger partial charge in [0.1, 0.15) is 0 Å². The lowest BCUT2D eigenvalue weighted by molar-refractivity contribution is 0.617. The Morgan fingerprint density at radius 2 is 1.60 bits per heavy atom. The fraction of sp³-hybridized carbons (Fsp3) is 0.538. The van der Waals surface area contributed by atoms with E-state index in [1.54, 1.807) is 0 Å². The maximum Gasteiger partial charge on any atom is 0.0295 e. The molecule has 84 valence electrons. The first kappa shape index (κ1) is 12.2. The van der Waals surface area contributed by atoms with Crippen LogP contribution in [0.2, 0.25) is 0 Å². The third-order valence-electron chi connectivity index (χ3n) is 2.75. The molecule has 0 aromatic heterocycles. The zero-order chi connectivity index (χ0) is 11.3. The van der Waals surface area contributed by atoms with Crippen LogP contribution in [0.3, 0.4) is 0 Å². The number of benzene rings is 1. The summed E-state index contributed by atoms with van der Waals surface area (Å²) >= 11 is 0. The van der Waals surface area contributed by atoms with Crippen LogP contribution >= 0.6 is 0 Å². The van der Waals surface area contributed by atoms with Crippen molar-refractivity contribution in [1.82, 2.24) is 0 Å². The van der Waals surface area contributed by atoms with E-state index in [-0.39, 0.29) is 6.04 Å². The molecule has 0 bridgehead atoms. The summed E-state index contributed by atoms with van der Waals surface area (Å²) in [6.07, 6.45) is 1.96. The van der Waals surface area contributed by atoms with Crippen LogP contribution in [0.25, 0.3) is 0 Å². The average Bonchev–Trinajstić information content (AvgIpc) is 2.26. The van der Waals surface area contributed by atoms with Crippen LogP contribution in [0.1, 0.15) is 49.8 Å². The van der Waals surface area contributed by atoms with Gasteiger partial charge >= 0.3 is 0 Å². The molecule has 0 amide bonds. The molecule has 0 heterocycles. The van der Waals surface area contributed by atoms with Gasteiger partial charge in [0, 0.05) is 6.04 Å². The predicted octanol–water partition coefficient (Wildman–Crippen LogP) is 2.55. The molecule has 0 radical (unpaired) electrons. The third-order valence-corrected chi connectivity index (χ3v) is 2.75. The van der Waals surface area contributed by atoms with E-state index in [1.807, 2.05) is 0 Å². The summed E-state index contributed by atoms with van der Waals surface area (Å²) in [5.41, 5.74) is 14.1. The molecule has 15 heavy (non-hydrogen) atoms. The van der Waals surface area contributed by atoms with Crippen molar-refractivity contribution in [3.63, 3.8) is 0 Å². The molecule has 2 nitrogen and oxygen atoms in total. The van der Waals surface area contributed by atoms with Crippen LogP contribution in [0.15, 0.2) is 24.3 Å². The van der Waals surface area contributed by atoms with Gasteiger partial charge in [0.2, 0.25) is 0 Å². The molecule has 4 N–H and O–H groups in total. The van der Waals surface area contributed by atoms with E-state index in [2.05, 4.69) is 38.1 Å². The highest BCUT2D eigenvalue weighted by Gasteiger charge is 2.05. The Morgan fingerprint density at radius 3 is 2.07 bits per heavy atom. The summed E-state index contributed by atoms with van der Waals surface area (Å²) < 4.78 is 0. The number of hydrogen-bond acceptors (Lipinski definition) is 2. The number of rotatable bonds is 5. The van der Waals surface area contributed by atoms with E-state index < -0.39 is 0 Å². The van der Waals surface area contributed by atoms with Gasteiger partial charge in [-0.05, 0) is 36.4 Å². The molecular formula is C13H22N2. The predicted molar refractivity (Wildman–Crippen MR) is 65.7 cm³/mol. The fourth-order valence-corrected chi connectivity index (χ4v) is 1.63. The lowest BCUT2D eigenvalue weighted by Crippen LogP contribution is -2.12. The van der Waals surface area contributed by atoms with Crippen LogP contribution in [-0.2, 0) is 0 Å². The molecule has 0 saturated carbocycles. The zero-order valence-electron chi connectivity index (χ0n) is 9.74. The second-order valence-electron chi connectivity index (χ2n) is 4.36. The van der Waals surface area contributed by atoms with E-state index in [9.17, 15) is 0 Å². The second-order valence-corrected chi connectivity index (χ2v) is 4.36. The third kappa shape index (κ3) is 3.65. The molecule has 0 aliphatic rings. The molecule has 0 spiro atoms. The van der Waals surface area contributed by atoms with E-state index in [4.69, 9.17) is 11.5 Å². The average molecular weight is 206 g/mol. The molecule has 1 rings (SSSR count). The van der Waals surface area contributed by atoms with Gasteiger partial charge in [-0.15, -0.1) is 0 Å². The van der Waals surface area contributed by atoms with Crippen LogP contribution in [0, 0.1) is 0 Å². The van der Waals surface area contributed by atoms with Gasteiger partial charge in [0.05, 0.1) is 0 Å². The van der Waals surface area contributed by atoms with Gasteiger partial charge in [-0.2, -0.15) is 0 Å². The molecule has 0 aliphatic heterocycles. The van der Waals surface area contributed by atoms with Crippen molar-refractivity contribution >= 4 is 0 Å². The first-order valence-corrected chi connectivity index (χ1v) is 5.70. The van der Waals surface area contributed by atoms with E-state index in [0.717, 1.165) is 19.4 Å². The van der Waals surface area contributed by atoms with Crippen molar-refractivity contribution in [1.29, 1.82) is 0 Å². The second kappa shape index (κ2) is 5.89. The SMILES string of the molecule is CC(C)c1ccc(C(N)CCCN)cc1. The highest BCUT2D eigenvalue weighted by Crippen LogP contribution is 2.19. The molecule has 1 aromatic carbocycles. The lowest BCUT2D eigenvalue weighted by atomic mass is 9.97. The topological polar surface area (TPSA) is 52.0 Å². The standard InChI is InChI=1S/C13H22N2/c1-10(2)11-5-7-12(8-6-11)13(15)4-3-9-14/h5-8,10,13H,3-4,9,14-15H2,1-2H3. The first-order chi connectivity index (χ1) is 7.15. The Morgan fingerprint density at radius 1 is 1.07 bits per heavy atom. The number of nitrogens with two attached hydrogens (primary N) is 2. The summed E-state index contributed by atoms with van der Waals surface area (Å²) in [5.74, 6) is 0.583. The molecule has 1 unspecified atom stereocenters. The largest absolute Gasteiger partial charge is 0.330 e. The van der Waals surface area contributed by atoms with Crippen LogP contribution in [0.5, 0.6) is 0 Å². The lowest BCUT2D eigenvalue weighted by Gasteiger charge is -2.13. The Balaban J connectivity index is 2.62. The van der Waals surface area contributed by atoms with E-state index in [0.29, 0.717) is 5.92 Å². The molecule has 0 fully saturated rings. The smallest absolute Gasteiger partial charge is 0.0295 e. The summed E-state index contributed by atoms with van der Waals surface area (Å²) in [6.45, 7) is 5.12. The van der Waals surface area contributed by atoms with Crippen molar-refractivity contribution < 1.29 is 0 Å². The molecule has 2 heteroatoms. The quantitative estimate of drug-likeness (QED) is 0.778. The summed E-state index contributed by atoms with van der Waals surface area (Å²) in [4.78, 5) is 0.